The fourth-order valence-corrected chi connectivity index (χ4v) is 4.52. The molecule has 5 atom stereocenters. The number of rotatable bonds is 13. The predicted octanol–water partition coefficient (Wildman–Crippen LogP) is 2.92. The van der Waals surface area contributed by atoms with Gasteiger partial charge in [-0.1, -0.05) is 19.1 Å². The molecule has 15 nitrogen and oxygen atoms in total. The molecule has 46 heavy (non-hydrogen) atoms. The molecule has 3 rings (SSSR count). The second kappa shape index (κ2) is 16.4. The molecule has 0 N–H and O–H groups in total. The van der Waals surface area contributed by atoms with Crippen LogP contribution in [0.4, 0.5) is 0 Å². The highest BCUT2D eigenvalue weighted by Gasteiger charge is 2.53. The lowest BCUT2D eigenvalue weighted by Crippen LogP contribution is -2.63. The largest absolute Gasteiger partial charge is 0.488 e. The van der Waals surface area contributed by atoms with Gasteiger partial charge in [0.05, 0.1) is 12.0 Å². The van der Waals surface area contributed by atoms with Gasteiger partial charge in [0.2, 0.25) is 12.4 Å². The van der Waals surface area contributed by atoms with Crippen LogP contribution in [0.25, 0.3) is 11.0 Å². The Balaban J connectivity index is 2.05. The Labute approximate surface area is 263 Å². The summed E-state index contributed by atoms with van der Waals surface area (Å²) in [5, 5.41) is 0.268. The predicted molar refractivity (Wildman–Crippen MR) is 156 cm³/mol. The van der Waals surface area contributed by atoms with Gasteiger partial charge >= 0.3 is 35.5 Å². The molecular formula is C31H36O15. The molecule has 0 saturated carbocycles. The van der Waals surface area contributed by atoms with Crippen molar-refractivity contribution >= 4 is 40.8 Å². The van der Waals surface area contributed by atoms with Crippen molar-refractivity contribution in [3.8, 4) is 17.2 Å². The highest BCUT2D eigenvalue weighted by atomic mass is 16.7. The molecule has 1 fully saturated rings. The van der Waals surface area contributed by atoms with E-state index in [4.69, 9.17) is 42.3 Å². The zero-order chi connectivity index (χ0) is 34.0. The van der Waals surface area contributed by atoms with Crippen LogP contribution in [-0.2, 0) is 47.7 Å². The summed E-state index contributed by atoms with van der Waals surface area (Å²) in [6.45, 7) is 7.26. The van der Waals surface area contributed by atoms with Gasteiger partial charge in [-0.05, 0) is 25.0 Å². The van der Waals surface area contributed by atoms with Crippen molar-refractivity contribution in [3.63, 3.8) is 0 Å². The average Bonchev–Trinajstić information content (AvgIpc) is 2.95. The lowest BCUT2D eigenvalue weighted by Gasteiger charge is -2.43. The molecule has 1 aliphatic rings. The van der Waals surface area contributed by atoms with E-state index in [1.807, 2.05) is 19.1 Å². The summed E-state index contributed by atoms with van der Waals surface area (Å²) in [4.78, 5) is 72.3. The summed E-state index contributed by atoms with van der Waals surface area (Å²) in [6.07, 6.45) is -1.86. The number of allylic oxidation sites excluding steroid dienone is 1. The number of carbonyl (C=O) groups excluding carboxylic acids is 5. The van der Waals surface area contributed by atoms with Crippen LogP contribution in [0.15, 0.2) is 39.6 Å². The van der Waals surface area contributed by atoms with Gasteiger partial charge in [-0.2, -0.15) is 0 Å². The molecule has 0 spiro atoms. The number of hydrogen-bond donors (Lipinski definition) is 0. The van der Waals surface area contributed by atoms with Crippen molar-refractivity contribution in [2.75, 3.05) is 13.2 Å². The maximum absolute atomic E-state index is 12.8. The van der Waals surface area contributed by atoms with Crippen LogP contribution >= 0.6 is 0 Å². The third kappa shape index (κ3) is 9.79. The van der Waals surface area contributed by atoms with E-state index in [-0.39, 0.29) is 29.1 Å². The van der Waals surface area contributed by atoms with E-state index >= 15 is 0 Å². The van der Waals surface area contributed by atoms with Gasteiger partial charge in [-0.25, -0.2) is 4.79 Å². The lowest BCUT2D eigenvalue weighted by molar-refractivity contribution is -0.288. The molecule has 0 aliphatic carbocycles. The van der Waals surface area contributed by atoms with E-state index in [0.717, 1.165) is 41.0 Å². The standard InChI is InChI=1S/C31H36O15/c1-7-8-9-10-13-38-25-22-12-11-21(14-23(22)45-30(37)28(25)42-19(5)35)44-31-29(43-20(6)36)27(41-18(4)34)26(40-17(3)33)24(46-31)15-39-16(2)32/h8-9,11-12,14,24,26-27,29,31H,7,10,13,15H2,1-6H3/b9-8+/t24-,26+,27+,29-,31-/m1/s1. The molecule has 0 amide bonds. The molecule has 0 bridgehead atoms. The number of ether oxygens (including phenoxy) is 8. The maximum atomic E-state index is 12.8. The van der Waals surface area contributed by atoms with Gasteiger partial charge in [0.15, 0.2) is 18.0 Å². The fourth-order valence-electron chi connectivity index (χ4n) is 4.52. The van der Waals surface area contributed by atoms with E-state index in [1.165, 1.54) is 18.2 Å². The van der Waals surface area contributed by atoms with Crippen molar-refractivity contribution in [2.24, 2.45) is 0 Å². The SMILES string of the molecule is CC/C=C/CCOc1c(OC(C)=O)c(=O)oc2cc(O[C@@H]3O[C@H](COC(C)=O)[C@H](OC(C)=O)[C@H](OC(C)=O)[C@H]3OC(C)=O)ccc12. The number of benzene rings is 1. The Hall–Kier alpha value is -4.92. The Morgan fingerprint density at radius 3 is 2.07 bits per heavy atom. The Morgan fingerprint density at radius 2 is 1.46 bits per heavy atom. The third-order valence-electron chi connectivity index (χ3n) is 6.17. The van der Waals surface area contributed by atoms with Crippen molar-refractivity contribution < 1.29 is 66.3 Å². The summed E-state index contributed by atoms with van der Waals surface area (Å²) in [5.74, 6) is -4.25. The molecule has 1 saturated heterocycles. The summed E-state index contributed by atoms with van der Waals surface area (Å²) in [7, 11) is 0. The zero-order valence-electron chi connectivity index (χ0n) is 26.2. The highest BCUT2D eigenvalue weighted by Crippen LogP contribution is 2.36. The molecule has 15 heteroatoms. The van der Waals surface area contributed by atoms with Gasteiger partial charge in [0.1, 0.15) is 24.0 Å². The molecular weight excluding hydrogens is 612 g/mol. The van der Waals surface area contributed by atoms with E-state index in [1.54, 1.807) is 0 Å². The fraction of sp³-hybridized carbons (Fsp3) is 0.484. The minimum absolute atomic E-state index is 0.0219. The number of esters is 5. The number of carbonyl (C=O) groups is 5. The summed E-state index contributed by atoms with van der Waals surface area (Å²) in [5.41, 5.74) is -1.02. The molecule has 2 heterocycles. The first-order chi connectivity index (χ1) is 21.8. The number of hydrogen-bond acceptors (Lipinski definition) is 15. The zero-order valence-corrected chi connectivity index (χ0v) is 26.2. The average molecular weight is 649 g/mol. The van der Waals surface area contributed by atoms with E-state index in [2.05, 4.69) is 0 Å². The van der Waals surface area contributed by atoms with Crippen LogP contribution in [0.3, 0.4) is 0 Å². The summed E-state index contributed by atoms with van der Waals surface area (Å²) >= 11 is 0. The first-order valence-corrected chi connectivity index (χ1v) is 14.3. The third-order valence-corrected chi connectivity index (χ3v) is 6.17. The monoisotopic (exact) mass is 648 g/mol. The first kappa shape index (κ1) is 35.6. The van der Waals surface area contributed by atoms with Crippen LogP contribution in [0.2, 0.25) is 0 Å². The van der Waals surface area contributed by atoms with E-state index < -0.39 is 78.5 Å². The molecule has 1 aliphatic heterocycles. The quantitative estimate of drug-likeness (QED) is 0.101. The second-order valence-electron chi connectivity index (χ2n) is 10.0. The maximum Gasteiger partial charge on any atom is 0.383 e. The van der Waals surface area contributed by atoms with Gasteiger partial charge in [-0.15, -0.1) is 0 Å². The minimum Gasteiger partial charge on any atom is -0.488 e. The topological polar surface area (TPSA) is 189 Å². The minimum atomic E-state index is -1.52. The van der Waals surface area contributed by atoms with Crippen LogP contribution in [0.1, 0.15) is 54.4 Å². The van der Waals surface area contributed by atoms with Gasteiger partial charge in [0, 0.05) is 40.7 Å². The van der Waals surface area contributed by atoms with Crippen molar-refractivity contribution in [1.29, 1.82) is 0 Å². The van der Waals surface area contributed by atoms with E-state index in [9.17, 15) is 28.8 Å². The lowest BCUT2D eigenvalue weighted by atomic mass is 9.98. The first-order valence-electron chi connectivity index (χ1n) is 14.3. The molecule has 1 aromatic heterocycles. The Morgan fingerprint density at radius 1 is 0.804 bits per heavy atom. The van der Waals surface area contributed by atoms with Crippen molar-refractivity contribution in [1.82, 2.24) is 0 Å². The van der Waals surface area contributed by atoms with Crippen LogP contribution in [-0.4, -0.2) is 73.8 Å². The molecule has 0 radical (unpaired) electrons. The normalized spacial score (nSPS) is 20.9. The molecule has 1 aromatic carbocycles. The Kier molecular flexibility index (Phi) is 12.7. The van der Waals surface area contributed by atoms with Crippen LogP contribution in [0.5, 0.6) is 17.2 Å². The molecule has 250 valence electrons. The van der Waals surface area contributed by atoms with Gasteiger partial charge in [-0.3, -0.25) is 24.0 Å². The van der Waals surface area contributed by atoms with Crippen LogP contribution < -0.4 is 19.8 Å². The molecule has 2 aromatic rings. The smallest absolute Gasteiger partial charge is 0.383 e. The number of fused-ring (bicyclic) bond motifs is 1. The highest BCUT2D eigenvalue weighted by molar-refractivity contribution is 5.87. The Bertz CT molecular complexity index is 1520. The second-order valence-corrected chi connectivity index (χ2v) is 10.0. The van der Waals surface area contributed by atoms with E-state index in [0.29, 0.717) is 6.42 Å². The van der Waals surface area contributed by atoms with Crippen molar-refractivity contribution in [2.45, 2.75) is 85.1 Å². The molecule has 0 unspecified atom stereocenters. The summed E-state index contributed by atoms with van der Waals surface area (Å²) < 4.78 is 49.6. The van der Waals surface area contributed by atoms with Crippen LogP contribution in [0, 0.1) is 0 Å². The van der Waals surface area contributed by atoms with Crippen molar-refractivity contribution in [3.05, 3.63) is 40.8 Å². The summed E-state index contributed by atoms with van der Waals surface area (Å²) in [6, 6.07) is 4.23. The van der Waals surface area contributed by atoms with Gasteiger partial charge in [0.25, 0.3) is 5.75 Å². The van der Waals surface area contributed by atoms with Gasteiger partial charge < -0.3 is 42.3 Å².